The van der Waals surface area contributed by atoms with Gasteiger partial charge in [0.05, 0.1) is 5.41 Å². The van der Waals surface area contributed by atoms with Crippen molar-refractivity contribution in [2.45, 2.75) is 44.9 Å². The highest BCUT2D eigenvalue weighted by Crippen LogP contribution is 2.41. The van der Waals surface area contributed by atoms with Crippen molar-refractivity contribution in [2.75, 3.05) is 13.6 Å². The Morgan fingerprint density at radius 3 is 2.50 bits per heavy atom. The van der Waals surface area contributed by atoms with Crippen LogP contribution in [0.5, 0.6) is 0 Å². The topological polar surface area (TPSA) is 57.6 Å². The summed E-state index contributed by atoms with van der Waals surface area (Å²) in [7, 11) is 1.75. The van der Waals surface area contributed by atoms with Gasteiger partial charge in [-0.15, -0.1) is 6.58 Å². The summed E-state index contributed by atoms with van der Waals surface area (Å²) in [4.78, 5) is 25.0. The molecular formula is C14H23NO3. The van der Waals surface area contributed by atoms with Gasteiger partial charge in [0.2, 0.25) is 5.91 Å². The molecule has 18 heavy (non-hydrogen) atoms. The Morgan fingerprint density at radius 2 is 2.00 bits per heavy atom. The number of unbranched alkanes of at least 4 members (excludes halogenated alkanes) is 1. The average Bonchev–Trinajstić information content (AvgIpc) is 2.79. The summed E-state index contributed by atoms with van der Waals surface area (Å²) >= 11 is 0. The molecule has 1 aliphatic carbocycles. The molecule has 1 fully saturated rings. The lowest BCUT2D eigenvalue weighted by Gasteiger charge is -2.26. The minimum Gasteiger partial charge on any atom is -0.481 e. The van der Waals surface area contributed by atoms with E-state index < -0.39 is 11.4 Å². The minimum atomic E-state index is -0.812. The van der Waals surface area contributed by atoms with Crippen molar-refractivity contribution in [2.24, 2.45) is 5.41 Å². The Hall–Kier alpha value is -1.32. The van der Waals surface area contributed by atoms with E-state index in [9.17, 15) is 14.7 Å². The monoisotopic (exact) mass is 253 g/mol. The number of hydrogen-bond acceptors (Lipinski definition) is 2. The zero-order valence-electron chi connectivity index (χ0n) is 11.2. The van der Waals surface area contributed by atoms with E-state index in [1.807, 2.05) is 6.08 Å². The molecular weight excluding hydrogens is 230 g/mol. The van der Waals surface area contributed by atoms with E-state index in [1.165, 1.54) is 0 Å². The van der Waals surface area contributed by atoms with E-state index in [-0.39, 0.29) is 12.3 Å². The molecule has 0 aromatic heterocycles. The van der Waals surface area contributed by atoms with Crippen molar-refractivity contribution < 1.29 is 14.7 Å². The number of aliphatic carboxylic acids is 1. The molecule has 4 heteroatoms. The molecule has 0 unspecified atom stereocenters. The fraction of sp³-hybridized carbons (Fsp3) is 0.714. The van der Waals surface area contributed by atoms with E-state index in [2.05, 4.69) is 6.58 Å². The van der Waals surface area contributed by atoms with Crippen molar-refractivity contribution in [1.29, 1.82) is 0 Å². The average molecular weight is 253 g/mol. The van der Waals surface area contributed by atoms with Crippen molar-refractivity contribution in [3.05, 3.63) is 12.7 Å². The smallest absolute Gasteiger partial charge is 0.310 e. The second-order valence-electron chi connectivity index (χ2n) is 5.22. The van der Waals surface area contributed by atoms with Crippen LogP contribution < -0.4 is 0 Å². The number of carbonyl (C=O) groups is 2. The van der Waals surface area contributed by atoms with Gasteiger partial charge >= 0.3 is 5.97 Å². The van der Waals surface area contributed by atoms with Crippen LogP contribution in [0.25, 0.3) is 0 Å². The lowest BCUT2D eigenvalue weighted by molar-refractivity contribution is -0.153. The summed E-state index contributed by atoms with van der Waals surface area (Å²) in [5, 5.41) is 9.32. The van der Waals surface area contributed by atoms with Crippen molar-refractivity contribution in [3.8, 4) is 0 Å². The van der Waals surface area contributed by atoms with Crippen LogP contribution in [-0.2, 0) is 9.59 Å². The summed E-state index contributed by atoms with van der Waals surface area (Å²) in [5.74, 6) is -0.865. The van der Waals surface area contributed by atoms with E-state index in [0.717, 1.165) is 25.7 Å². The van der Waals surface area contributed by atoms with Gasteiger partial charge in [0.1, 0.15) is 0 Å². The second-order valence-corrected chi connectivity index (χ2v) is 5.22. The molecule has 1 saturated carbocycles. The molecule has 0 aliphatic heterocycles. The highest BCUT2D eigenvalue weighted by Gasteiger charge is 2.43. The quantitative estimate of drug-likeness (QED) is 0.560. The minimum absolute atomic E-state index is 0.0524. The van der Waals surface area contributed by atoms with Gasteiger partial charge in [0.15, 0.2) is 0 Å². The maximum atomic E-state index is 12.0. The van der Waals surface area contributed by atoms with Crippen LogP contribution >= 0.6 is 0 Å². The number of carboxylic acids is 1. The number of carboxylic acid groups (broad SMARTS) is 1. The Labute approximate surface area is 109 Å². The van der Waals surface area contributed by atoms with Crippen LogP contribution in [-0.4, -0.2) is 35.5 Å². The second kappa shape index (κ2) is 6.57. The van der Waals surface area contributed by atoms with Crippen LogP contribution in [0.2, 0.25) is 0 Å². The number of allylic oxidation sites excluding steroid dienone is 1. The van der Waals surface area contributed by atoms with Crippen molar-refractivity contribution in [1.82, 2.24) is 4.90 Å². The lowest BCUT2D eigenvalue weighted by atomic mass is 9.82. The van der Waals surface area contributed by atoms with E-state index >= 15 is 0 Å². The molecule has 1 rings (SSSR count). The molecule has 102 valence electrons. The normalized spacial score (nSPS) is 17.4. The molecule has 0 saturated heterocycles. The summed E-state index contributed by atoms with van der Waals surface area (Å²) < 4.78 is 0. The fourth-order valence-corrected chi connectivity index (χ4v) is 2.54. The maximum Gasteiger partial charge on any atom is 0.310 e. The Morgan fingerprint density at radius 1 is 1.39 bits per heavy atom. The van der Waals surface area contributed by atoms with Gasteiger partial charge in [-0.1, -0.05) is 18.9 Å². The molecule has 0 bridgehead atoms. The number of amides is 1. The molecule has 0 atom stereocenters. The van der Waals surface area contributed by atoms with Crippen LogP contribution in [0.3, 0.4) is 0 Å². The number of nitrogens with zero attached hydrogens (tertiary/aromatic N) is 1. The first-order valence-electron chi connectivity index (χ1n) is 6.60. The SMILES string of the molecule is C=CCCCN(C)C(=O)CC1(C(=O)O)CCCC1. The predicted molar refractivity (Wildman–Crippen MR) is 70.2 cm³/mol. The number of hydrogen-bond donors (Lipinski definition) is 1. The molecule has 1 amide bonds. The van der Waals surface area contributed by atoms with E-state index in [1.54, 1.807) is 11.9 Å². The fourth-order valence-electron chi connectivity index (χ4n) is 2.54. The van der Waals surface area contributed by atoms with Crippen molar-refractivity contribution >= 4 is 11.9 Å². The predicted octanol–water partition coefficient (Wildman–Crippen LogP) is 2.45. The Kier molecular flexibility index (Phi) is 5.38. The van der Waals surface area contributed by atoms with Crippen LogP contribution in [0.1, 0.15) is 44.9 Å². The highest BCUT2D eigenvalue weighted by atomic mass is 16.4. The summed E-state index contributed by atoms with van der Waals surface area (Å²) in [6, 6.07) is 0. The molecule has 0 aromatic carbocycles. The third kappa shape index (κ3) is 3.59. The maximum absolute atomic E-state index is 12.0. The highest BCUT2D eigenvalue weighted by molar-refractivity contribution is 5.85. The summed E-state index contributed by atoms with van der Waals surface area (Å²) in [5.41, 5.74) is -0.802. The Balaban J connectivity index is 2.51. The van der Waals surface area contributed by atoms with Gasteiger partial charge in [0.25, 0.3) is 0 Å². The molecule has 0 radical (unpaired) electrons. The standard InChI is InChI=1S/C14H23NO3/c1-3-4-7-10-15(2)12(16)11-14(13(17)18)8-5-6-9-14/h3H,1,4-11H2,2H3,(H,17,18). The van der Waals surface area contributed by atoms with Crippen LogP contribution in [0.15, 0.2) is 12.7 Å². The molecule has 0 aromatic rings. The van der Waals surface area contributed by atoms with Gasteiger partial charge in [0, 0.05) is 20.0 Å². The molecule has 0 heterocycles. The first kappa shape index (κ1) is 14.7. The van der Waals surface area contributed by atoms with Gasteiger partial charge in [-0.05, 0) is 25.7 Å². The van der Waals surface area contributed by atoms with E-state index in [0.29, 0.717) is 19.4 Å². The first-order chi connectivity index (χ1) is 8.52. The summed E-state index contributed by atoms with van der Waals surface area (Å²) in [6.45, 7) is 4.31. The zero-order chi connectivity index (χ0) is 13.6. The largest absolute Gasteiger partial charge is 0.481 e. The van der Waals surface area contributed by atoms with E-state index in [4.69, 9.17) is 0 Å². The van der Waals surface area contributed by atoms with Gasteiger partial charge < -0.3 is 10.0 Å². The molecule has 1 N–H and O–H groups in total. The van der Waals surface area contributed by atoms with Crippen LogP contribution in [0.4, 0.5) is 0 Å². The van der Waals surface area contributed by atoms with Gasteiger partial charge in [-0.2, -0.15) is 0 Å². The van der Waals surface area contributed by atoms with Crippen molar-refractivity contribution in [3.63, 3.8) is 0 Å². The zero-order valence-corrected chi connectivity index (χ0v) is 11.2. The number of rotatable bonds is 7. The molecule has 4 nitrogen and oxygen atoms in total. The first-order valence-corrected chi connectivity index (χ1v) is 6.60. The third-order valence-corrected chi connectivity index (χ3v) is 3.83. The lowest BCUT2D eigenvalue weighted by Crippen LogP contribution is -2.37. The molecule has 0 spiro atoms. The van der Waals surface area contributed by atoms with Gasteiger partial charge in [-0.25, -0.2) is 0 Å². The van der Waals surface area contributed by atoms with Gasteiger partial charge in [-0.3, -0.25) is 9.59 Å². The molecule has 1 aliphatic rings. The third-order valence-electron chi connectivity index (χ3n) is 3.83. The number of carbonyl (C=O) groups excluding carboxylic acids is 1. The summed E-state index contributed by atoms with van der Waals surface area (Å²) in [6.07, 6.45) is 6.83. The Bertz CT molecular complexity index is 319. The van der Waals surface area contributed by atoms with Crippen LogP contribution in [0, 0.1) is 5.41 Å².